The van der Waals surface area contributed by atoms with Gasteiger partial charge in [0.25, 0.3) is 0 Å². The lowest BCUT2D eigenvalue weighted by Crippen LogP contribution is -2.60. The number of allylic oxidation sites excluding steroid dienone is 3. The molecule has 7 atom stereocenters. The van der Waals surface area contributed by atoms with Gasteiger partial charge in [-0.15, -0.1) is 0 Å². The molecule has 6 N–H and O–H groups in total. The lowest BCUT2D eigenvalue weighted by molar-refractivity contribution is -0.302. The first-order chi connectivity index (χ1) is 26.8. The highest BCUT2D eigenvalue weighted by Gasteiger charge is 2.44. The van der Waals surface area contributed by atoms with Crippen molar-refractivity contribution in [2.75, 3.05) is 13.2 Å². The maximum absolute atomic E-state index is 12.8. The van der Waals surface area contributed by atoms with Crippen LogP contribution in [0.5, 0.6) is 0 Å². The number of aliphatic hydroxyl groups is 5. The van der Waals surface area contributed by atoms with Gasteiger partial charge in [-0.2, -0.15) is 0 Å². The smallest absolute Gasteiger partial charge is 0.220 e. The Balaban J connectivity index is 2.20. The molecule has 55 heavy (non-hydrogen) atoms. The van der Waals surface area contributed by atoms with Crippen LogP contribution in [0.1, 0.15) is 206 Å². The minimum Gasteiger partial charge on any atom is -0.394 e. The summed E-state index contributed by atoms with van der Waals surface area (Å²) in [5, 5.41) is 53.8. The zero-order chi connectivity index (χ0) is 40.2. The third kappa shape index (κ3) is 27.9. The van der Waals surface area contributed by atoms with Crippen molar-refractivity contribution in [1.82, 2.24) is 5.32 Å². The van der Waals surface area contributed by atoms with Crippen molar-refractivity contribution in [3.05, 3.63) is 24.3 Å². The van der Waals surface area contributed by atoms with Crippen molar-refractivity contribution in [2.24, 2.45) is 0 Å². The largest absolute Gasteiger partial charge is 0.394 e. The average Bonchev–Trinajstić information content (AvgIpc) is 3.18. The molecule has 324 valence electrons. The summed E-state index contributed by atoms with van der Waals surface area (Å²) in [5.41, 5.74) is 0. The van der Waals surface area contributed by atoms with Gasteiger partial charge in [0.2, 0.25) is 5.91 Å². The Hall–Kier alpha value is -1.33. The standard InChI is InChI=1S/C46H87NO8/c1-3-5-7-9-11-12-13-14-15-16-17-18-19-20-21-22-23-24-25-26-27-28-29-30-31-33-35-40(49)39(47-42(50)36-34-32-10-8-6-4-2)38-54-46-45(53)44(52)43(51)41(37-48)55-46/h28-29,33,35,39-41,43-46,48-49,51-53H,3-27,30-32,34,36-38H2,1-2H3,(H,47,50)/b29-28+,35-33+. The van der Waals surface area contributed by atoms with E-state index in [2.05, 4.69) is 31.3 Å². The summed E-state index contributed by atoms with van der Waals surface area (Å²) in [7, 11) is 0. The van der Waals surface area contributed by atoms with E-state index in [1.54, 1.807) is 6.08 Å². The van der Waals surface area contributed by atoms with Gasteiger partial charge in [0.05, 0.1) is 25.4 Å². The molecule has 9 nitrogen and oxygen atoms in total. The molecule has 0 saturated carbocycles. The molecule has 0 radical (unpaired) electrons. The molecule has 7 unspecified atom stereocenters. The van der Waals surface area contributed by atoms with E-state index in [0.717, 1.165) is 51.4 Å². The number of amides is 1. The average molecular weight is 782 g/mol. The Labute approximate surface area is 337 Å². The molecule has 0 spiro atoms. The van der Waals surface area contributed by atoms with E-state index in [1.807, 2.05) is 6.08 Å². The van der Waals surface area contributed by atoms with E-state index in [0.29, 0.717) is 6.42 Å². The Morgan fingerprint density at radius 1 is 0.600 bits per heavy atom. The van der Waals surface area contributed by atoms with Crippen LogP contribution in [-0.4, -0.2) is 87.5 Å². The molecule has 0 aliphatic carbocycles. The van der Waals surface area contributed by atoms with E-state index >= 15 is 0 Å². The summed E-state index contributed by atoms with van der Waals surface area (Å²) >= 11 is 0. The van der Waals surface area contributed by atoms with E-state index < -0.39 is 49.5 Å². The van der Waals surface area contributed by atoms with Crippen LogP contribution in [0.2, 0.25) is 0 Å². The number of carbonyl (C=O) groups is 1. The van der Waals surface area contributed by atoms with Crippen LogP contribution in [0.15, 0.2) is 24.3 Å². The topological polar surface area (TPSA) is 149 Å². The van der Waals surface area contributed by atoms with Gasteiger partial charge < -0.3 is 40.3 Å². The SMILES string of the molecule is CCCCCCCCCCCCCCCCCCCCCC/C=C/CC/C=C/C(O)C(COC1OC(CO)C(O)C(O)C1O)NC(=O)CCCCCCCC. The number of hydrogen-bond donors (Lipinski definition) is 6. The first kappa shape index (κ1) is 51.7. The molecule has 0 bridgehead atoms. The van der Waals surface area contributed by atoms with Gasteiger partial charge in [-0.25, -0.2) is 0 Å². The second-order valence-electron chi connectivity index (χ2n) is 16.2. The number of rotatable bonds is 38. The second kappa shape index (κ2) is 37.0. The second-order valence-corrected chi connectivity index (χ2v) is 16.2. The first-order valence-corrected chi connectivity index (χ1v) is 23.1. The number of hydrogen-bond acceptors (Lipinski definition) is 8. The monoisotopic (exact) mass is 782 g/mol. The third-order valence-corrected chi connectivity index (χ3v) is 11.0. The minimum absolute atomic E-state index is 0.196. The van der Waals surface area contributed by atoms with Crippen molar-refractivity contribution >= 4 is 5.91 Å². The molecule has 0 aromatic carbocycles. The van der Waals surface area contributed by atoms with Gasteiger partial charge in [-0.05, 0) is 32.1 Å². The summed E-state index contributed by atoms with van der Waals surface area (Å²) in [6.07, 6.45) is 37.1. The molecule has 1 heterocycles. The maximum Gasteiger partial charge on any atom is 0.220 e. The van der Waals surface area contributed by atoms with Crippen LogP contribution in [0.25, 0.3) is 0 Å². The first-order valence-electron chi connectivity index (χ1n) is 23.1. The Kier molecular flexibility index (Phi) is 34.7. The minimum atomic E-state index is -1.57. The molecule has 1 aliphatic rings. The zero-order valence-electron chi connectivity index (χ0n) is 35.4. The van der Waals surface area contributed by atoms with Gasteiger partial charge in [-0.3, -0.25) is 4.79 Å². The third-order valence-electron chi connectivity index (χ3n) is 11.0. The molecule has 1 saturated heterocycles. The van der Waals surface area contributed by atoms with E-state index in [-0.39, 0.29) is 12.5 Å². The molecule has 1 aliphatic heterocycles. The van der Waals surface area contributed by atoms with Gasteiger partial charge in [0, 0.05) is 6.42 Å². The molecule has 1 fully saturated rings. The highest BCUT2D eigenvalue weighted by molar-refractivity contribution is 5.76. The fraction of sp³-hybridized carbons (Fsp3) is 0.891. The van der Waals surface area contributed by atoms with Crippen LogP contribution in [0, 0.1) is 0 Å². The van der Waals surface area contributed by atoms with Crippen molar-refractivity contribution in [3.63, 3.8) is 0 Å². The lowest BCUT2D eigenvalue weighted by Gasteiger charge is -2.40. The number of unbranched alkanes of at least 4 members (excludes halogenated alkanes) is 26. The van der Waals surface area contributed by atoms with Crippen LogP contribution in [0.4, 0.5) is 0 Å². The zero-order valence-corrected chi connectivity index (χ0v) is 35.4. The molecule has 0 aromatic heterocycles. The summed E-state index contributed by atoms with van der Waals surface area (Å²) in [5.74, 6) is -0.196. The molecule has 9 heteroatoms. The number of carbonyl (C=O) groups excluding carboxylic acids is 1. The van der Waals surface area contributed by atoms with Crippen molar-refractivity contribution in [1.29, 1.82) is 0 Å². The lowest BCUT2D eigenvalue weighted by atomic mass is 9.99. The van der Waals surface area contributed by atoms with Gasteiger partial charge in [-0.1, -0.05) is 192 Å². The van der Waals surface area contributed by atoms with Gasteiger partial charge >= 0.3 is 0 Å². The van der Waals surface area contributed by atoms with Crippen LogP contribution >= 0.6 is 0 Å². The summed E-state index contributed by atoms with van der Waals surface area (Å²) in [6.45, 7) is 3.69. The highest BCUT2D eigenvalue weighted by Crippen LogP contribution is 2.22. The fourth-order valence-electron chi connectivity index (χ4n) is 7.29. The van der Waals surface area contributed by atoms with Crippen molar-refractivity contribution in [2.45, 2.75) is 249 Å². The Bertz CT molecular complexity index is 914. The quantitative estimate of drug-likeness (QED) is 0.0268. The molecular formula is C46H87NO8. The number of aliphatic hydroxyl groups excluding tert-OH is 5. The van der Waals surface area contributed by atoms with Gasteiger partial charge in [0.15, 0.2) is 6.29 Å². The molecular weight excluding hydrogens is 695 g/mol. The van der Waals surface area contributed by atoms with E-state index in [9.17, 15) is 30.3 Å². The van der Waals surface area contributed by atoms with Crippen LogP contribution < -0.4 is 5.32 Å². The van der Waals surface area contributed by atoms with Crippen LogP contribution in [-0.2, 0) is 14.3 Å². The van der Waals surface area contributed by atoms with Crippen molar-refractivity contribution < 1.29 is 39.8 Å². The summed E-state index contributed by atoms with van der Waals surface area (Å²) in [4.78, 5) is 12.8. The normalized spacial score (nSPS) is 21.5. The summed E-state index contributed by atoms with van der Waals surface area (Å²) in [6, 6.07) is -0.814. The number of nitrogens with one attached hydrogen (secondary N) is 1. The Morgan fingerprint density at radius 2 is 1.04 bits per heavy atom. The van der Waals surface area contributed by atoms with Crippen molar-refractivity contribution in [3.8, 4) is 0 Å². The predicted molar refractivity (Wildman–Crippen MR) is 226 cm³/mol. The molecule has 0 aromatic rings. The fourth-order valence-corrected chi connectivity index (χ4v) is 7.29. The number of ether oxygens (including phenoxy) is 2. The molecule has 1 rings (SSSR count). The summed E-state index contributed by atoms with van der Waals surface area (Å²) < 4.78 is 11.1. The predicted octanol–water partition coefficient (Wildman–Crippen LogP) is 9.50. The highest BCUT2D eigenvalue weighted by atomic mass is 16.7. The van der Waals surface area contributed by atoms with Crippen LogP contribution in [0.3, 0.4) is 0 Å². The van der Waals surface area contributed by atoms with E-state index in [1.165, 1.54) is 135 Å². The maximum atomic E-state index is 12.8. The van der Waals surface area contributed by atoms with Gasteiger partial charge in [0.1, 0.15) is 24.4 Å². The van der Waals surface area contributed by atoms with E-state index in [4.69, 9.17) is 9.47 Å². The Morgan fingerprint density at radius 3 is 1.53 bits per heavy atom. The molecule has 1 amide bonds.